The van der Waals surface area contributed by atoms with E-state index < -0.39 is 0 Å². The molecule has 2 aromatic rings. The van der Waals surface area contributed by atoms with E-state index in [9.17, 15) is 4.79 Å². The number of halogens is 1. The van der Waals surface area contributed by atoms with Gasteiger partial charge in [-0.1, -0.05) is 13.3 Å². The van der Waals surface area contributed by atoms with Crippen molar-refractivity contribution >= 4 is 28.7 Å². The fraction of sp³-hybridized carbons (Fsp3) is 0.643. The summed E-state index contributed by atoms with van der Waals surface area (Å²) in [6, 6.07) is 0.102. The maximum absolute atomic E-state index is 11.6. The number of aromatic nitrogens is 4. The summed E-state index contributed by atoms with van der Waals surface area (Å²) in [5.74, 6) is 1.56. The predicted molar refractivity (Wildman–Crippen MR) is 81.6 cm³/mol. The standard InChI is InChI=1S/C14H20ClN5O/c1-3-4-10-13-14(19(2)18-10)20(11(17-13)5-6-15)9-7-12(21)16-8-9/h9H,3-8H2,1-2H3,(H,16,21). The zero-order valence-corrected chi connectivity index (χ0v) is 13.2. The SMILES string of the molecule is CCCc1nn(C)c2c1nc(CCCl)n2C1CNC(=O)C1. The van der Waals surface area contributed by atoms with Gasteiger partial charge in [0.15, 0.2) is 5.65 Å². The molecule has 0 spiro atoms. The molecule has 0 bridgehead atoms. The minimum atomic E-state index is 0.0922. The summed E-state index contributed by atoms with van der Waals surface area (Å²) in [5, 5.41) is 7.48. The van der Waals surface area contributed by atoms with Gasteiger partial charge in [0.05, 0.1) is 11.7 Å². The normalized spacial score (nSPS) is 18.6. The highest BCUT2D eigenvalue weighted by Gasteiger charge is 2.29. The number of nitrogens with one attached hydrogen (secondary N) is 1. The van der Waals surface area contributed by atoms with Crippen molar-refractivity contribution in [2.24, 2.45) is 7.05 Å². The predicted octanol–water partition coefficient (Wildman–Crippen LogP) is 1.56. The van der Waals surface area contributed by atoms with Crippen molar-refractivity contribution in [1.29, 1.82) is 0 Å². The lowest BCUT2D eigenvalue weighted by atomic mass is 10.2. The van der Waals surface area contributed by atoms with Crippen LogP contribution in [0.2, 0.25) is 0 Å². The Hall–Kier alpha value is -1.56. The number of amides is 1. The molecule has 0 radical (unpaired) electrons. The fourth-order valence-electron chi connectivity index (χ4n) is 3.07. The first-order valence-electron chi connectivity index (χ1n) is 7.41. The van der Waals surface area contributed by atoms with Crippen LogP contribution < -0.4 is 5.32 Å². The summed E-state index contributed by atoms with van der Waals surface area (Å²) in [4.78, 5) is 16.3. The number of aryl methyl sites for hydroxylation is 3. The van der Waals surface area contributed by atoms with Gasteiger partial charge in [0, 0.05) is 32.3 Å². The highest BCUT2D eigenvalue weighted by atomic mass is 35.5. The quantitative estimate of drug-likeness (QED) is 0.853. The van der Waals surface area contributed by atoms with Gasteiger partial charge in [0.1, 0.15) is 11.3 Å². The summed E-state index contributed by atoms with van der Waals surface area (Å²) < 4.78 is 4.04. The maximum Gasteiger partial charge on any atom is 0.222 e. The smallest absolute Gasteiger partial charge is 0.222 e. The third-order valence-electron chi connectivity index (χ3n) is 3.94. The van der Waals surface area contributed by atoms with Crippen LogP contribution in [0.5, 0.6) is 0 Å². The summed E-state index contributed by atoms with van der Waals surface area (Å²) in [5.41, 5.74) is 2.99. The van der Waals surface area contributed by atoms with Crippen LogP contribution in [-0.2, 0) is 24.7 Å². The number of hydrogen-bond acceptors (Lipinski definition) is 3. The van der Waals surface area contributed by atoms with Crippen LogP contribution in [-0.4, -0.2) is 37.7 Å². The molecule has 1 saturated heterocycles. The number of alkyl halides is 1. The molecule has 6 nitrogen and oxygen atoms in total. The molecule has 114 valence electrons. The van der Waals surface area contributed by atoms with Gasteiger partial charge >= 0.3 is 0 Å². The van der Waals surface area contributed by atoms with E-state index in [-0.39, 0.29) is 11.9 Å². The monoisotopic (exact) mass is 309 g/mol. The van der Waals surface area contributed by atoms with Gasteiger partial charge in [-0.2, -0.15) is 5.10 Å². The molecule has 1 fully saturated rings. The zero-order valence-electron chi connectivity index (χ0n) is 12.4. The Balaban J connectivity index is 2.14. The van der Waals surface area contributed by atoms with Crippen molar-refractivity contribution in [3.63, 3.8) is 0 Å². The average molecular weight is 310 g/mol. The molecular formula is C14H20ClN5O. The van der Waals surface area contributed by atoms with Crippen LogP contribution in [0.3, 0.4) is 0 Å². The second-order valence-corrected chi connectivity index (χ2v) is 5.87. The van der Waals surface area contributed by atoms with Crippen molar-refractivity contribution in [3.8, 4) is 0 Å². The van der Waals surface area contributed by atoms with Gasteiger partial charge in [-0.05, 0) is 6.42 Å². The van der Waals surface area contributed by atoms with Crippen LogP contribution >= 0.6 is 11.6 Å². The van der Waals surface area contributed by atoms with Crippen molar-refractivity contribution in [1.82, 2.24) is 24.6 Å². The highest BCUT2D eigenvalue weighted by Crippen LogP contribution is 2.28. The second-order valence-electron chi connectivity index (χ2n) is 5.49. The Morgan fingerprint density at radius 2 is 2.24 bits per heavy atom. The Morgan fingerprint density at radius 3 is 2.86 bits per heavy atom. The minimum absolute atomic E-state index is 0.0922. The summed E-state index contributed by atoms with van der Waals surface area (Å²) >= 11 is 5.92. The number of fused-ring (bicyclic) bond motifs is 1. The van der Waals surface area contributed by atoms with Crippen LogP contribution in [0.4, 0.5) is 0 Å². The maximum atomic E-state index is 11.6. The first-order valence-corrected chi connectivity index (χ1v) is 7.94. The molecule has 7 heteroatoms. The number of nitrogens with zero attached hydrogens (tertiary/aromatic N) is 4. The van der Waals surface area contributed by atoms with Gasteiger partial charge in [0.25, 0.3) is 0 Å². The molecule has 1 aliphatic heterocycles. The molecule has 0 saturated carbocycles. The molecule has 1 N–H and O–H groups in total. The molecule has 3 heterocycles. The first-order chi connectivity index (χ1) is 10.2. The second kappa shape index (κ2) is 5.67. The molecule has 0 aromatic carbocycles. The number of carbonyl (C=O) groups is 1. The van der Waals surface area contributed by atoms with E-state index in [4.69, 9.17) is 16.6 Å². The molecular weight excluding hydrogens is 290 g/mol. The Morgan fingerprint density at radius 1 is 1.43 bits per heavy atom. The van der Waals surface area contributed by atoms with Crippen LogP contribution in [0.1, 0.15) is 37.3 Å². The molecule has 1 amide bonds. The van der Waals surface area contributed by atoms with Crippen LogP contribution in [0, 0.1) is 0 Å². The highest BCUT2D eigenvalue weighted by molar-refractivity contribution is 6.17. The third kappa shape index (κ3) is 2.41. The Labute approximate surface area is 128 Å². The number of rotatable bonds is 5. The number of imidazole rings is 1. The molecule has 1 atom stereocenters. The molecule has 2 aromatic heterocycles. The van der Waals surface area contributed by atoms with E-state index in [0.717, 1.165) is 35.5 Å². The lowest BCUT2D eigenvalue weighted by Crippen LogP contribution is -2.18. The van der Waals surface area contributed by atoms with Crippen LogP contribution in [0.25, 0.3) is 11.2 Å². The number of hydrogen-bond donors (Lipinski definition) is 1. The van der Waals surface area contributed by atoms with Crippen molar-refractivity contribution in [3.05, 3.63) is 11.5 Å². The fourth-order valence-corrected chi connectivity index (χ4v) is 3.24. The van der Waals surface area contributed by atoms with Gasteiger partial charge < -0.3 is 9.88 Å². The van der Waals surface area contributed by atoms with Crippen molar-refractivity contribution < 1.29 is 4.79 Å². The van der Waals surface area contributed by atoms with Gasteiger partial charge in [-0.3, -0.25) is 9.48 Å². The van der Waals surface area contributed by atoms with E-state index >= 15 is 0 Å². The van der Waals surface area contributed by atoms with E-state index in [1.165, 1.54) is 0 Å². The van der Waals surface area contributed by atoms with Crippen molar-refractivity contribution in [2.75, 3.05) is 12.4 Å². The molecule has 0 aliphatic carbocycles. The molecule has 21 heavy (non-hydrogen) atoms. The van der Waals surface area contributed by atoms with Gasteiger partial charge in [-0.25, -0.2) is 4.98 Å². The Bertz CT molecular complexity index is 674. The Kier molecular flexibility index (Phi) is 3.89. The number of carbonyl (C=O) groups excluding carboxylic acids is 1. The minimum Gasteiger partial charge on any atom is -0.354 e. The van der Waals surface area contributed by atoms with Gasteiger partial charge in [-0.15, -0.1) is 11.6 Å². The van der Waals surface area contributed by atoms with Crippen molar-refractivity contribution in [2.45, 2.75) is 38.6 Å². The van der Waals surface area contributed by atoms with E-state index in [2.05, 4.69) is 21.9 Å². The van der Waals surface area contributed by atoms with E-state index in [0.29, 0.717) is 25.3 Å². The summed E-state index contributed by atoms with van der Waals surface area (Å²) in [6.07, 6.45) is 3.14. The lowest BCUT2D eigenvalue weighted by molar-refractivity contribution is -0.119. The van der Waals surface area contributed by atoms with E-state index in [1.54, 1.807) is 0 Å². The van der Waals surface area contributed by atoms with Crippen LogP contribution in [0.15, 0.2) is 0 Å². The lowest BCUT2D eigenvalue weighted by Gasteiger charge is -2.14. The van der Waals surface area contributed by atoms with Gasteiger partial charge in [0.2, 0.25) is 5.91 Å². The van der Waals surface area contributed by atoms with E-state index in [1.807, 2.05) is 11.7 Å². The largest absolute Gasteiger partial charge is 0.354 e. The molecule has 1 unspecified atom stereocenters. The summed E-state index contributed by atoms with van der Waals surface area (Å²) in [7, 11) is 1.94. The zero-order chi connectivity index (χ0) is 15.0. The topological polar surface area (TPSA) is 64.7 Å². The average Bonchev–Trinajstić information content (AvgIpc) is 3.09. The third-order valence-corrected chi connectivity index (χ3v) is 4.12. The molecule has 1 aliphatic rings. The summed E-state index contributed by atoms with van der Waals surface area (Å²) in [6.45, 7) is 2.78. The first kappa shape index (κ1) is 14.4. The molecule has 3 rings (SSSR count).